The monoisotopic (exact) mass is 192 g/mol. The smallest absolute Gasteiger partial charge is 0.304 e. The first-order chi connectivity index (χ1) is 6.64. The van der Waals surface area contributed by atoms with Crippen molar-refractivity contribution in [1.82, 2.24) is 0 Å². The number of aliphatic carboxylic acids is 1. The number of carboxylic acids is 1. The van der Waals surface area contributed by atoms with Gasteiger partial charge in [0, 0.05) is 11.0 Å². The fraction of sp³-hybridized carbons (Fsp3) is 0.364. The molecule has 0 spiro atoms. The fourth-order valence-corrected chi connectivity index (χ4v) is 1.90. The summed E-state index contributed by atoms with van der Waals surface area (Å²) in [6.07, 6.45) is 1.83. The van der Waals surface area contributed by atoms with E-state index in [1.807, 2.05) is 12.1 Å². The van der Waals surface area contributed by atoms with Crippen molar-refractivity contribution < 1.29 is 15.0 Å². The SMILES string of the molecule is O=C(O)CC1(c2ccccc2O)CC1. The van der Waals surface area contributed by atoms with Crippen molar-refractivity contribution >= 4 is 5.97 Å². The zero-order chi connectivity index (χ0) is 10.2. The zero-order valence-electron chi connectivity index (χ0n) is 7.73. The van der Waals surface area contributed by atoms with Gasteiger partial charge >= 0.3 is 5.97 Å². The lowest BCUT2D eigenvalue weighted by atomic mass is 9.92. The molecule has 0 bridgehead atoms. The number of hydrogen-bond acceptors (Lipinski definition) is 2. The molecule has 0 unspecified atom stereocenters. The maximum atomic E-state index is 10.7. The minimum atomic E-state index is -0.800. The number of carboxylic acid groups (broad SMARTS) is 1. The van der Waals surface area contributed by atoms with Gasteiger partial charge in [-0.05, 0) is 18.9 Å². The second kappa shape index (κ2) is 3.01. The van der Waals surface area contributed by atoms with Crippen molar-refractivity contribution in [3.8, 4) is 5.75 Å². The van der Waals surface area contributed by atoms with Crippen molar-refractivity contribution in [3.63, 3.8) is 0 Å². The van der Waals surface area contributed by atoms with E-state index >= 15 is 0 Å². The van der Waals surface area contributed by atoms with Crippen molar-refractivity contribution in [1.29, 1.82) is 0 Å². The molecule has 0 aliphatic heterocycles. The highest BCUT2D eigenvalue weighted by atomic mass is 16.4. The van der Waals surface area contributed by atoms with E-state index in [9.17, 15) is 9.90 Å². The third-order valence-electron chi connectivity index (χ3n) is 2.82. The highest BCUT2D eigenvalue weighted by molar-refractivity contribution is 5.70. The molecule has 1 fully saturated rings. The van der Waals surface area contributed by atoms with Gasteiger partial charge in [-0.2, -0.15) is 0 Å². The molecule has 74 valence electrons. The third kappa shape index (κ3) is 1.45. The first-order valence-corrected chi connectivity index (χ1v) is 4.64. The van der Waals surface area contributed by atoms with E-state index in [2.05, 4.69) is 0 Å². The minimum Gasteiger partial charge on any atom is -0.508 e. The number of carbonyl (C=O) groups is 1. The standard InChI is InChI=1S/C11H12O3/c12-9-4-2-1-3-8(9)11(5-6-11)7-10(13)14/h1-4,12H,5-7H2,(H,13,14). The highest BCUT2D eigenvalue weighted by Crippen LogP contribution is 2.53. The molecule has 0 atom stereocenters. The van der Waals surface area contributed by atoms with Crippen LogP contribution in [0.25, 0.3) is 0 Å². The summed E-state index contributed by atoms with van der Waals surface area (Å²) in [6, 6.07) is 7.00. The molecule has 2 rings (SSSR count). The molecule has 3 heteroatoms. The Morgan fingerprint density at radius 3 is 2.50 bits per heavy atom. The van der Waals surface area contributed by atoms with Gasteiger partial charge in [-0.15, -0.1) is 0 Å². The van der Waals surface area contributed by atoms with E-state index in [0.29, 0.717) is 0 Å². The molecule has 0 heterocycles. The van der Waals surface area contributed by atoms with Crippen LogP contribution >= 0.6 is 0 Å². The molecular formula is C11H12O3. The van der Waals surface area contributed by atoms with Gasteiger partial charge in [0.25, 0.3) is 0 Å². The number of para-hydroxylation sites is 1. The summed E-state index contributed by atoms with van der Waals surface area (Å²) in [5, 5.41) is 18.4. The molecule has 1 saturated carbocycles. The van der Waals surface area contributed by atoms with E-state index in [4.69, 9.17) is 5.11 Å². The average molecular weight is 192 g/mol. The number of benzene rings is 1. The van der Waals surface area contributed by atoms with Crippen LogP contribution in [0, 0.1) is 0 Å². The van der Waals surface area contributed by atoms with Gasteiger partial charge in [-0.25, -0.2) is 0 Å². The maximum Gasteiger partial charge on any atom is 0.304 e. The van der Waals surface area contributed by atoms with Crippen LogP contribution in [0.1, 0.15) is 24.8 Å². The second-order valence-corrected chi connectivity index (χ2v) is 3.87. The van der Waals surface area contributed by atoms with Crippen LogP contribution in [0.4, 0.5) is 0 Å². The molecule has 1 aliphatic carbocycles. The summed E-state index contributed by atoms with van der Waals surface area (Å²) >= 11 is 0. The van der Waals surface area contributed by atoms with Crippen molar-refractivity contribution in [2.75, 3.05) is 0 Å². The normalized spacial score (nSPS) is 17.7. The van der Waals surface area contributed by atoms with E-state index in [1.54, 1.807) is 12.1 Å². The molecule has 0 aromatic heterocycles. The summed E-state index contributed by atoms with van der Waals surface area (Å²) < 4.78 is 0. The number of aromatic hydroxyl groups is 1. The molecule has 0 saturated heterocycles. The van der Waals surface area contributed by atoms with E-state index < -0.39 is 5.97 Å². The van der Waals surface area contributed by atoms with Crippen LogP contribution in [0.2, 0.25) is 0 Å². The van der Waals surface area contributed by atoms with Gasteiger partial charge in [0.05, 0.1) is 6.42 Å². The lowest BCUT2D eigenvalue weighted by Gasteiger charge is -2.14. The van der Waals surface area contributed by atoms with Gasteiger partial charge in [0.2, 0.25) is 0 Å². The van der Waals surface area contributed by atoms with Crippen LogP contribution in [0.15, 0.2) is 24.3 Å². The Bertz CT molecular complexity index is 367. The Balaban J connectivity index is 2.31. The number of rotatable bonds is 3. The zero-order valence-corrected chi connectivity index (χ0v) is 7.73. The Kier molecular flexibility index (Phi) is 1.95. The van der Waals surface area contributed by atoms with Crippen LogP contribution in [0.5, 0.6) is 5.75 Å². The van der Waals surface area contributed by atoms with Crippen molar-refractivity contribution in [3.05, 3.63) is 29.8 Å². The Morgan fingerprint density at radius 2 is 2.00 bits per heavy atom. The van der Waals surface area contributed by atoms with Crippen LogP contribution in [0.3, 0.4) is 0 Å². The first-order valence-electron chi connectivity index (χ1n) is 4.64. The quantitative estimate of drug-likeness (QED) is 0.769. The van der Waals surface area contributed by atoms with E-state index in [-0.39, 0.29) is 17.6 Å². The van der Waals surface area contributed by atoms with Gasteiger partial charge in [0.15, 0.2) is 0 Å². The fourth-order valence-electron chi connectivity index (χ4n) is 1.90. The first kappa shape index (κ1) is 9.06. The molecule has 1 aromatic carbocycles. The topological polar surface area (TPSA) is 57.5 Å². The minimum absolute atomic E-state index is 0.116. The van der Waals surface area contributed by atoms with Gasteiger partial charge < -0.3 is 10.2 Å². The molecule has 0 amide bonds. The lowest BCUT2D eigenvalue weighted by Crippen LogP contribution is -2.12. The Labute approximate surface area is 82.0 Å². The summed E-state index contributed by atoms with van der Waals surface area (Å²) in [5.74, 6) is -0.586. The molecule has 0 radical (unpaired) electrons. The second-order valence-electron chi connectivity index (χ2n) is 3.87. The Morgan fingerprint density at radius 1 is 1.36 bits per heavy atom. The van der Waals surface area contributed by atoms with Crippen LogP contribution in [-0.4, -0.2) is 16.2 Å². The lowest BCUT2D eigenvalue weighted by molar-refractivity contribution is -0.137. The predicted octanol–water partition coefficient (Wildman–Crippen LogP) is 1.90. The number of phenols is 1. The van der Waals surface area contributed by atoms with Crippen molar-refractivity contribution in [2.45, 2.75) is 24.7 Å². The molecule has 3 nitrogen and oxygen atoms in total. The summed E-state index contributed by atoms with van der Waals surface area (Å²) in [4.78, 5) is 10.7. The molecule has 14 heavy (non-hydrogen) atoms. The molecule has 1 aliphatic rings. The van der Waals surface area contributed by atoms with E-state index in [1.165, 1.54) is 0 Å². The predicted molar refractivity (Wildman–Crippen MR) is 51.3 cm³/mol. The maximum absolute atomic E-state index is 10.7. The van der Waals surface area contributed by atoms with Gasteiger partial charge in [-0.1, -0.05) is 18.2 Å². The molecule has 1 aromatic rings. The van der Waals surface area contributed by atoms with Gasteiger partial charge in [-0.3, -0.25) is 4.79 Å². The summed E-state index contributed by atoms with van der Waals surface area (Å²) in [5.41, 5.74) is 0.486. The molecular weight excluding hydrogens is 180 g/mol. The van der Waals surface area contributed by atoms with Gasteiger partial charge in [0.1, 0.15) is 5.75 Å². The Hall–Kier alpha value is -1.51. The third-order valence-corrected chi connectivity index (χ3v) is 2.82. The highest BCUT2D eigenvalue weighted by Gasteiger charge is 2.47. The van der Waals surface area contributed by atoms with E-state index in [0.717, 1.165) is 18.4 Å². The average Bonchev–Trinajstić information content (AvgIpc) is 2.85. The molecule has 2 N–H and O–H groups in total. The summed E-state index contributed by atoms with van der Waals surface area (Å²) in [7, 11) is 0. The number of hydrogen-bond donors (Lipinski definition) is 2. The van der Waals surface area contributed by atoms with Crippen molar-refractivity contribution in [2.24, 2.45) is 0 Å². The largest absolute Gasteiger partial charge is 0.508 e. The summed E-state index contributed by atoms with van der Waals surface area (Å²) in [6.45, 7) is 0. The number of phenolic OH excluding ortho intramolecular Hbond substituents is 1. The van der Waals surface area contributed by atoms with Crippen LogP contribution < -0.4 is 0 Å². The van der Waals surface area contributed by atoms with Crippen LogP contribution in [-0.2, 0) is 10.2 Å².